The molecule has 2 unspecified atom stereocenters. The van der Waals surface area contributed by atoms with Gasteiger partial charge in [-0.25, -0.2) is 4.98 Å². The molecule has 1 rings (SSSR count). The standard InChI is InChI=1S/C9H16N2OS/c1-3-8(4-12)11-7(2)9-5-13-6-10-9/h5-8,11-12H,3-4H2,1-2H3. The van der Waals surface area contributed by atoms with Crippen LogP contribution in [0.3, 0.4) is 0 Å². The molecule has 0 aliphatic rings. The van der Waals surface area contributed by atoms with E-state index < -0.39 is 0 Å². The Morgan fingerprint density at radius 2 is 2.46 bits per heavy atom. The predicted octanol–water partition coefficient (Wildman–Crippen LogP) is 1.56. The number of thiazole rings is 1. The fraction of sp³-hybridized carbons (Fsp3) is 0.667. The van der Waals surface area contributed by atoms with Crippen molar-refractivity contribution in [3.63, 3.8) is 0 Å². The highest BCUT2D eigenvalue weighted by Gasteiger charge is 2.11. The Kier molecular flexibility index (Phi) is 4.35. The van der Waals surface area contributed by atoms with Gasteiger partial charge in [0.1, 0.15) is 0 Å². The number of aromatic nitrogens is 1. The summed E-state index contributed by atoms with van der Waals surface area (Å²) in [7, 11) is 0. The van der Waals surface area contributed by atoms with Gasteiger partial charge in [-0.15, -0.1) is 11.3 Å². The first-order valence-electron chi connectivity index (χ1n) is 4.53. The zero-order chi connectivity index (χ0) is 9.68. The van der Waals surface area contributed by atoms with Crippen molar-refractivity contribution in [2.75, 3.05) is 6.61 Å². The molecular weight excluding hydrogens is 184 g/mol. The van der Waals surface area contributed by atoms with Gasteiger partial charge in [0, 0.05) is 17.5 Å². The molecule has 0 aliphatic carbocycles. The van der Waals surface area contributed by atoms with E-state index in [0.717, 1.165) is 12.1 Å². The van der Waals surface area contributed by atoms with Crippen molar-refractivity contribution in [3.8, 4) is 0 Å². The van der Waals surface area contributed by atoms with Gasteiger partial charge in [-0.1, -0.05) is 6.92 Å². The van der Waals surface area contributed by atoms with E-state index in [1.54, 1.807) is 11.3 Å². The molecule has 0 amide bonds. The molecule has 0 saturated carbocycles. The molecule has 4 heteroatoms. The lowest BCUT2D eigenvalue weighted by Gasteiger charge is -2.18. The first-order valence-corrected chi connectivity index (χ1v) is 5.47. The molecule has 2 atom stereocenters. The van der Waals surface area contributed by atoms with Gasteiger partial charge in [0.25, 0.3) is 0 Å². The average molecular weight is 200 g/mol. The van der Waals surface area contributed by atoms with Crippen LogP contribution in [0.4, 0.5) is 0 Å². The average Bonchev–Trinajstić information content (AvgIpc) is 2.66. The first-order chi connectivity index (χ1) is 6.27. The van der Waals surface area contributed by atoms with E-state index in [4.69, 9.17) is 5.11 Å². The summed E-state index contributed by atoms with van der Waals surface area (Å²) < 4.78 is 0. The number of rotatable bonds is 5. The third-order valence-electron chi connectivity index (χ3n) is 2.09. The van der Waals surface area contributed by atoms with Gasteiger partial charge >= 0.3 is 0 Å². The molecule has 0 saturated heterocycles. The van der Waals surface area contributed by atoms with Crippen molar-refractivity contribution in [3.05, 3.63) is 16.6 Å². The topological polar surface area (TPSA) is 45.1 Å². The smallest absolute Gasteiger partial charge is 0.0795 e. The second-order valence-electron chi connectivity index (χ2n) is 3.09. The summed E-state index contributed by atoms with van der Waals surface area (Å²) in [5, 5.41) is 14.3. The summed E-state index contributed by atoms with van der Waals surface area (Å²) in [6, 6.07) is 0.403. The van der Waals surface area contributed by atoms with E-state index in [-0.39, 0.29) is 18.7 Å². The van der Waals surface area contributed by atoms with E-state index >= 15 is 0 Å². The highest BCUT2D eigenvalue weighted by molar-refractivity contribution is 7.07. The number of nitrogens with one attached hydrogen (secondary N) is 1. The van der Waals surface area contributed by atoms with Crippen molar-refractivity contribution in [1.29, 1.82) is 0 Å². The summed E-state index contributed by atoms with van der Waals surface area (Å²) in [5.41, 5.74) is 2.88. The molecule has 13 heavy (non-hydrogen) atoms. The monoisotopic (exact) mass is 200 g/mol. The molecule has 0 spiro atoms. The van der Waals surface area contributed by atoms with E-state index in [9.17, 15) is 0 Å². The minimum Gasteiger partial charge on any atom is -0.395 e. The van der Waals surface area contributed by atoms with Crippen LogP contribution in [0.5, 0.6) is 0 Å². The Morgan fingerprint density at radius 3 is 2.92 bits per heavy atom. The molecule has 1 aromatic heterocycles. The SMILES string of the molecule is CCC(CO)NC(C)c1cscn1. The number of nitrogens with zero attached hydrogens (tertiary/aromatic N) is 1. The highest BCUT2D eigenvalue weighted by Crippen LogP contribution is 2.12. The van der Waals surface area contributed by atoms with E-state index in [0.29, 0.717) is 0 Å². The Labute approximate surface area is 82.8 Å². The lowest BCUT2D eigenvalue weighted by Crippen LogP contribution is -2.34. The predicted molar refractivity (Wildman–Crippen MR) is 54.8 cm³/mol. The first kappa shape index (κ1) is 10.6. The second kappa shape index (κ2) is 5.32. The van der Waals surface area contributed by atoms with Crippen molar-refractivity contribution in [2.24, 2.45) is 0 Å². The summed E-state index contributed by atoms with van der Waals surface area (Å²) in [6.45, 7) is 4.31. The maximum Gasteiger partial charge on any atom is 0.0795 e. The third kappa shape index (κ3) is 3.06. The molecule has 0 bridgehead atoms. The highest BCUT2D eigenvalue weighted by atomic mass is 32.1. The molecule has 3 nitrogen and oxygen atoms in total. The lowest BCUT2D eigenvalue weighted by atomic mass is 10.2. The normalized spacial score (nSPS) is 15.6. The Hall–Kier alpha value is -0.450. The van der Waals surface area contributed by atoms with Crippen LogP contribution in [0.2, 0.25) is 0 Å². The van der Waals surface area contributed by atoms with Crippen molar-refractivity contribution in [2.45, 2.75) is 32.4 Å². The summed E-state index contributed by atoms with van der Waals surface area (Å²) >= 11 is 1.60. The van der Waals surface area contributed by atoms with E-state index in [1.807, 2.05) is 10.9 Å². The number of hydrogen-bond acceptors (Lipinski definition) is 4. The van der Waals surface area contributed by atoms with Crippen LogP contribution in [-0.2, 0) is 0 Å². The van der Waals surface area contributed by atoms with Gasteiger partial charge in [-0.05, 0) is 13.3 Å². The zero-order valence-electron chi connectivity index (χ0n) is 8.03. The van der Waals surface area contributed by atoms with E-state index in [1.165, 1.54) is 0 Å². The molecule has 2 N–H and O–H groups in total. The van der Waals surface area contributed by atoms with Gasteiger partial charge in [-0.2, -0.15) is 0 Å². The number of hydrogen-bond donors (Lipinski definition) is 2. The second-order valence-corrected chi connectivity index (χ2v) is 3.81. The van der Waals surface area contributed by atoms with Crippen LogP contribution in [-0.4, -0.2) is 22.7 Å². The van der Waals surface area contributed by atoms with Crippen molar-refractivity contribution < 1.29 is 5.11 Å². The third-order valence-corrected chi connectivity index (χ3v) is 2.70. The molecule has 0 fully saturated rings. The van der Waals surface area contributed by atoms with Crippen LogP contribution in [0.15, 0.2) is 10.9 Å². The van der Waals surface area contributed by atoms with Crippen LogP contribution in [0, 0.1) is 0 Å². The van der Waals surface area contributed by atoms with Crippen molar-refractivity contribution >= 4 is 11.3 Å². The quantitative estimate of drug-likeness (QED) is 0.758. The summed E-state index contributed by atoms with van der Waals surface area (Å²) in [5.74, 6) is 0. The molecular formula is C9H16N2OS. The van der Waals surface area contributed by atoms with E-state index in [2.05, 4.69) is 24.1 Å². The van der Waals surface area contributed by atoms with Crippen LogP contribution in [0.25, 0.3) is 0 Å². The van der Waals surface area contributed by atoms with Crippen LogP contribution in [0.1, 0.15) is 32.0 Å². The molecule has 0 aromatic carbocycles. The Morgan fingerprint density at radius 1 is 1.69 bits per heavy atom. The molecule has 0 aliphatic heterocycles. The maximum atomic E-state index is 8.99. The lowest BCUT2D eigenvalue weighted by molar-refractivity contribution is 0.229. The van der Waals surface area contributed by atoms with Crippen LogP contribution >= 0.6 is 11.3 Å². The molecule has 74 valence electrons. The van der Waals surface area contributed by atoms with Gasteiger partial charge in [-0.3, -0.25) is 0 Å². The minimum absolute atomic E-state index is 0.177. The maximum absolute atomic E-state index is 8.99. The summed E-state index contributed by atoms with van der Waals surface area (Å²) in [6.07, 6.45) is 0.935. The zero-order valence-corrected chi connectivity index (χ0v) is 8.84. The minimum atomic E-state index is 0.177. The van der Waals surface area contributed by atoms with Gasteiger partial charge in [0.05, 0.1) is 17.8 Å². The largest absolute Gasteiger partial charge is 0.395 e. The number of aliphatic hydroxyl groups excluding tert-OH is 1. The van der Waals surface area contributed by atoms with Gasteiger partial charge in [0.15, 0.2) is 0 Å². The van der Waals surface area contributed by atoms with Gasteiger partial charge in [0.2, 0.25) is 0 Å². The van der Waals surface area contributed by atoms with Gasteiger partial charge < -0.3 is 10.4 Å². The Balaban J connectivity index is 2.45. The molecule has 1 aromatic rings. The Bertz CT molecular complexity index is 222. The van der Waals surface area contributed by atoms with Crippen molar-refractivity contribution in [1.82, 2.24) is 10.3 Å². The summed E-state index contributed by atoms with van der Waals surface area (Å²) in [4.78, 5) is 4.21. The fourth-order valence-corrected chi connectivity index (χ4v) is 1.82. The van der Waals surface area contributed by atoms with Crippen LogP contribution < -0.4 is 5.32 Å². The number of aliphatic hydroxyl groups is 1. The fourth-order valence-electron chi connectivity index (χ4n) is 1.17. The molecule has 0 radical (unpaired) electrons. The molecule has 1 heterocycles.